The number of ether oxygens (including phenoxy) is 1. The molecule has 2 unspecified atom stereocenters. The van der Waals surface area contributed by atoms with E-state index in [1.807, 2.05) is 12.4 Å². The normalized spacial score (nSPS) is 20.6. The molecule has 1 saturated heterocycles. The standard InChI is InChI=1S/C15H24N2O/c1-3-17-15(14-6-10-18-11-7-14)12(2)13-4-8-16-9-5-13/h4-5,8-9,12,14-15,17H,3,6-7,10-11H2,1-2H3. The summed E-state index contributed by atoms with van der Waals surface area (Å²) in [5, 5.41) is 3.67. The summed E-state index contributed by atoms with van der Waals surface area (Å²) in [4.78, 5) is 4.11. The molecule has 0 saturated carbocycles. The summed E-state index contributed by atoms with van der Waals surface area (Å²) in [6.45, 7) is 7.35. The van der Waals surface area contributed by atoms with E-state index in [2.05, 4.69) is 36.3 Å². The summed E-state index contributed by atoms with van der Waals surface area (Å²) < 4.78 is 5.48. The minimum Gasteiger partial charge on any atom is -0.381 e. The van der Waals surface area contributed by atoms with Crippen LogP contribution in [-0.2, 0) is 4.74 Å². The Labute approximate surface area is 110 Å². The van der Waals surface area contributed by atoms with Gasteiger partial charge >= 0.3 is 0 Å². The smallest absolute Gasteiger partial charge is 0.0469 e. The summed E-state index contributed by atoms with van der Waals surface area (Å²) in [6, 6.07) is 4.81. The van der Waals surface area contributed by atoms with Crippen LogP contribution in [0.4, 0.5) is 0 Å². The van der Waals surface area contributed by atoms with Gasteiger partial charge < -0.3 is 10.1 Å². The first-order chi connectivity index (χ1) is 8.83. The maximum Gasteiger partial charge on any atom is 0.0469 e. The molecule has 1 aliphatic heterocycles. The van der Waals surface area contributed by atoms with Gasteiger partial charge in [-0.1, -0.05) is 13.8 Å². The molecule has 18 heavy (non-hydrogen) atoms. The fourth-order valence-corrected chi connectivity index (χ4v) is 2.94. The highest BCUT2D eigenvalue weighted by Gasteiger charge is 2.28. The minimum absolute atomic E-state index is 0.524. The third kappa shape index (κ3) is 3.30. The van der Waals surface area contributed by atoms with E-state index in [4.69, 9.17) is 4.74 Å². The van der Waals surface area contributed by atoms with Gasteiger partial charge in [-0.3, -0.25) is 4.98 Å². The molecule has 1 aliphatic rings. The van der Waals surface area contributed by atoms with Crippen LogP contribution in [0.15, 0.2) is 24.5 Å². The van der Waals surface area contributed by atoms with Gasteiger partial charge in [0.1, 0.15) is 0 Å². The van der Waals surface area contributed by atoms with Crippen molar-refractivity contribution in [2.75, 3.05) is 19.8 Å². The minimum atomic E-state index is 0.524. The van der Waals surface area contributed by atoms with Crippen molar-refractivity contribution in [1.29, 1.82) is 0 Å². The Morgan fingerprint density at radius 1 is 1.33 bits per heavy atom. The number of pyridine rings is 1. The summed E-state index contributed by atoms with van der Waals surface area (Å²) >= 11 is 0. The highest BCUT2D eigenvalue weighted by Crippen LogP contribution is 2.29. The van der Waals surface area contributed by atoms with Crippen molar-refractivity contribution in [3.63, 3.8) is 0 Å². The average Bonchev–Trinajstić information content (AvgIpc) is 2.46. The van der Waals surface area contributed by atoms with Crippen LogP contribution < -0.4 is 5.32 Å². The molecule has 1 N–H and O–H groups in total. The molecule has 1 aromatic heterocycles. The second-order valence-electron chi connectivity index (χ2n) is 5.10. The highest BCUT2D eigenvalue weighted by molar-refractivity contribution is 5.17. The molecule has 0 aromatic carbocycles. The zero-order chi connectivity index (χ0) is 12.8. The van der Waals surface area contributed by atoms with Crippen LogP contribution >= 0.6 is 0 Å². The molecule has 0 bridgehead atoms. The van der Waals surface area contributed by atoms with Crippen LogP contribution in [-0.4, -0.2) is 30.8 Å². The molecule has 0 radical (unpaired) electrons. The van der Waals surface area contributed by atoms with Gasteiger partial charge in [0.25, 0.3) is 0 Å². The first-order valence-electron chi connectivity index (χ1n) is 7.04. The van der Waals surface area contributed by atoms with E-state index in [9.17, 15) is 0 Å². The number of nitrogens with one attached hydrogen (secondary N) is 1. The molecule has 3 nitrogen and oxygen atoms in total. The van der Waals surface area contributed by atoms with E-state index in [0.29, 0.717) is 12.0 Å². The van der Waals surface area contributed by atoms with Crippen LogP contribution in [0.3, 0.4) is 0 Å². The van der Waals surface area contributed by atoms with Crippen LogP contribution in [0.2, 0.25) is 0 Å². The lowest BCUT2D eigenvalue weighted by atomic mass is 9.81. The van der Waals surface area contributed by atoms with Crippen LogP contribution in [0.1, 0.15) is 38.2 Å². The molecule has 100 valence electrons. The lowest BCUT2D eigenvalue weighted by Crippen LogP contribution is -2.42. The number of hydrogen-bond acceptors (Lipinski definition) is 3. The number of rotatable bonds is 5. The van der Waals surface area contributed by atoms with Gasteiger partial charge in [0, 0.05) is 31.6 Å². The van der Waals surface area contributed by atoms with Gasteiger partial charge in [0.05, 0.1) is 0 Å². The number of aromatic nitrogens is 1. The third-order valence-corrected chi connectivity index (χ3v) is 3.98. The Hall–Kier alpha value is -0.930. The summed E-state index contributed by atoms with van der Waals surface area (Å²) in [5.74, 6) is 1.25. The molecular formula is C15H24N2O. The van der Waals surface area contributed by atoms with Crippen molar-refractivity contribution in [2.45, 2.75) is 38.6 Å². The Balaban J connectivity index is 2.08. The Morgan fingerprint density at radius 3 is 2.61 bits per heavy atom. The molecule has 0 spiro atoms. The van der Waals surface area contributed by atoms with Crippen molar-refractivity contribution in [1.82, 2.24) is 10.3 Å². The van der Waals surface area contributed by atoms with Gasteiger partial charge in [-0.2, -0.15) is 0 Å². The molecular weight excluding hydrogens is 224 g/mol. The van der Waals surface area contributed by atoms with Crippen molar-refractivity contribution < 1.29 is 4.74 Å². The quantitative estimate of drug-likeness (QED) is 0.869. The Bertz CT molecular complexity index is 336. The largest absolute Gasteiger partial charge is 0.381 e. The average molecular weight is 248 g/mol. The molecule has 2 atom stereocenters. The van der Waals surface area contributed by atoms with Crippen LogP contribution in [0.25, 0.3) is 0 Å². The fourth-order valence-electron chi connectivity index (χ4n) is 2.94. The monoisotopic (exact) mass is 248 g/mol. The van der Waals surface area contributed by atoms with Gasteiger partial charge in [-0.25, -0.2) is 0 Å². The molecule has 1 aromatic rings. The predicted molar refractivity (Wildman–Crippen MR) is 73.7 cm³/mol. The first-order valence-corrected chi connectivity index (χ1v) is 7.04. The summed E-state index contributed by atoms with van der Waals surface area (Å²) in [6.07, 6.45) is 6.12. The molecule has 2 heterocycles. The lowest BCUT2D eigenvalue weighted by molar-refractivity contribution is 0.0508. The third-order valence-electron chi connectivity index (χ3n) is 3.98. The van der Waals surface area contributed by atoms with Crippen molar-refractivity contribution in [3.05, 3.63) is 30.1 Å². The van der Waals surface area contributed by atoms with E-state index in [1.165, 1.54) is 18.4 Å². The fraction of sp³-hybridized carbons (Fsp3) is 0.667. The van der Waals surface area contributed by atoms with Gasteiger partial charge in [-0.05, 0) is 48.9 Å². The van der Waals surface area contributed by atoms with Crippen LogP contribution in [0.5, 0.6) is 0 Å². The second-order valence-corrected chi connectivity index (χ2v) is 5.10. The van der Waals surface area contributed by atoms with E-state index >= 15 is 0 Å². The van der Waals surface area contributed by atoms with E-state index in [1.54, 1.807) is 0 Å². The number of hydrogen-bond donors (Lipinski definition) is 1. The first kappa shape index (κ1) is 13.5. The van der Waals surface area contributed by atoms with Gasteiger partial charge in [0.15, 0.2) is 0 Å². The van der Waals surface area contributed by atoms with E-state index < -0.39 is 0 Å². The SMILES string of the molecule is CCNC(C1CCOCC1)C(C)c1ccncc1. The van der Waals surface area contributed by atoms with Crippen molar-refractivity contribution in [3.8, 4) is 0 Å². The Kier molecular flexibility index (Phi) is 5.14. The van der Waals surface area contributed by atoms with Crippen LogP contribution in [0, 0.1) is 5.92 Å². The Morgan fingerprint density at radius 2 is 2.00 bits per heavy atom. The predicted octanol–water partition coefficient (Wildman–Crippen LogP) is 2.59. The molecule has 3 heteroatoms. The molecule has 1 fully saturated rings. The zero-order valence-electron chi connectivity index (χ0n) is 11.4. The van der Waals surface area contributed by atoms with Gasteiger partial charge in [-0.15, -0.1) is 0 Å². The zero-order valence-corrected chi connectivity index (χ0v) is 11.4. The number of nitrogens with zero attached hydrogens (tertiary/aromatic N) is 1. The van der Waals surface area contributed by atoms with E-state index in [-0.39, 0.29) is 0 Å². The number of likely N-dealkylation sites (N-methyl/N-ethyl adjacent to an activating group) is 1. The highest BCUT2D eigenvalue weighted by atomic mass is 16.5. The maximum atomic E-state index is 5.48. The molecule has 2 rings (SSSR count). The topological polar surface area (TPSA) is 34.1 Å². The molecule has 0 aliphatic carbocycles. The summed E-state index contributed by atoms with van der Waals surface area (Å²) in [5.41, 5.74) is 1.38. The lowest BCUT2D eigenvalue weighted by Gasteiger charge is -2.35. The van der Waals surface area contributed by atoms with E-state index in [0.717, 1.165) is 25.7 Å². The second kappa shape index (κ2) is 6.86. The van der Waals surface area contributed by atoms with Crippen molar-refractivity contribution >= 4 is 0 Å². The maximum absolute atomic E-state index is 5.48. The molecule has 0 amide bonds. The van der Waals surface area contributed by atoms with Crippen molar-refractivity contribution in [2.24, 2.45) is 5.92 Å². The van der Waals surface area contributed by atoms with Gasteiger partial charge in [0.2, 0.25) is 0 Å². The summed E-state index contributed by atoms with van der Waals surface area (Å²) in [7, 11) is 0.